The van der Waals surface area contributed by atoms with Crippen molar-refractivity contribution in [2.24, 2.45) is 5.92 Å². The van der Waals surface area contributed by atoms with Crippen LogP contribution >= 0.6 is 11.6 Å². The minimum absolute atomic E-state index is 0.00944. The summed E-state index contributed by atoms with van der Waals surface area (Å²) in [4.78, 5) is -0.253. The Labute approximate surface area is 123 Å². The van der Waals surface area contributed by atoms with E-state index in [1.165, 1.54) is 0 Å². The van der Waals surface area contributed by atoms with Gasteiger partial charge in [-0.1, -0.05) is 24.9 Å². The average molecular weight is 325 g/mol. The van der Waals surface area contributed by atoms with E-state index in [-0.39, 0.29) is 34.7 Å². The van der Waals surface area contributed by atoms with E-state index in [9.17, 15) is 12.8 Å². The van der Waals surface area contributed by atoms with Crippen molar-refractivity contribution in [1.82, 2.24) is 4.72 Å². The van der Waals surface area contributed by atoms with Gasteiger partial charge in [0.15, 0.2) is 0 Å². The normalized spacial score (nSPS) is 13.4. The summed E-state index contributed by atoms with van der Waals surface area (Å²) in [7, 11) is -3.86. The Kier molecular flexibility index (Phi) is 6.19. The van der Waals surface area contributed by atoms with Crippen molar-refractivity contribution in [2.45, 2.75) is 24.7 Å². The minimum atomic E-state index is -3.86. The van der Waals surface area contributed by atoms with Crippen LogP contribution < -0.4 is 10.5 Å². The molecule has 4 N–H and O–H groups in total. The molecule has 114 valence electrons. The maximum Gasteiger partial charge on any atom is 0.242 e. The van der Waals surface area contributed by atoms with Crippen LogP contribution in [0.3, 0.4) is 0 Å². The highest BCUT2D eigenvalue weighted by Crippen LogP contribution is 2.26. The number of hydrogen-bond acceptors (Lipinski definition) is 4. The Balaban J connectivity index is 2.92. The molecule has 0 aliphatic rings. The minimum Gasteiger partial charge on any atom is -0.396 e. The Morgan fingerprint density at radius 1 is 1.50 bits per heavy atom. The van der Waals surface area contributed by atoms with E-state index in [0.717, 1.165) is 18.6 Å². The first kappa shape index (κ1) is 17.2. The fourth-order valence-corrected chi connectivity index (χ4v) is 3.35. The van der Waals surface area contributed by atoms with Crippen LogP contribution in [0.4, 0.5) is 10.1 Å². The van der Waals surface area contributed by atoms with Crippen molar-refractivity contribution < 1.29 is 17.9 Å². The monoisotopic (exact) mass is 324 g/mol. The Bertz CT molecular complexity index is 566. The number of nitrogens with one attached hydrogen (secondary N) is 1. The largest absolute Gasteiger partial charge is 0.396 e. The predicted octanol–water partition coefficient (Wildman–Crippen LogP) is 1.75. The van der Waals surface area contributed by atoms with Crippen LogP contribution in [0.1, 0.15) is 19.8 Å². The molecule has 0 amide bonds. The lowest BCUT2D eigenvalue weighted by Gasteiger charge is -2.15. The molecule has 1 atom stereocenters. The highest BCUT2D eigenvalue weighted by atomic mass is 35.5. The van der Waals surface area contributed by atoms with Gasteiger partial charge in [-0.2, -0.15) is 0 Å². The Hall–Kier alpha value is -0.890. The van der Waals surface area contributed by atoms with E-state index in [1.54, 1.807) is 0 Å². The van der Waals surface area contributed by atoms with E-state index in [2.05, 4.69) is 4.72 Å². The SMILES string of the molecule is CCC(CCO)CNS(=O)(=O)c1cc(N)c(F)cc1Cl. The van der Waals surface area contributed by atoms with Crippen LogP contribution in [0, 0.1) is 11.7 Å². The molecule has 1 aromatic rings. The second-order valence-corrected chi connectivity index (χ2v) is 6.59. The number of anilines is 1. The summed E-state index contributed by atoms with van der Waals surface area (Å²) in [5, 5.41) is 8.65. The van der Waals surface area contributed by atoms with E-state index in [1.807, 2.05) is 6.92 Å². The molecule has 0 bridgehead atoms. The topological polar surface area (TPSA) is 92.4 Å². The number of sulfonamides is 1. The molecule has 0 spiro atoms. The van der Waals surface area contributed by atoms with E-state index < -0.39 is 15.8 Å². The van der Waals surface area contributed by atoms with Crippen molar-refractivity contribution in [3.63, 3.8) is 0 Å². The summed E-state index contributed by atoms with van der Waals surface area (Å²) < 4.78 is 39.8. The zero-order valence-corrected chi connectivity index (χ0v) is 12.6. The van der Waals surface area contributed by atoms with Gasteiger partial charge in [-0.25, -0.2) is 17.5 Å². The van der Waals surface area contributed by atoms with Crippen molar-refractivity contribution >= 4 is 27.3 Å². The fourth-order valence-electron chi connectivity index (χ4n) is 1.69. The van der Waals surface area contributed by atoms with E-state index >= 15 is 0 Å². The zero-order chi connectivity index (χ0) is 15.3. The molecule has 20 heavy (non-hydrogen) atoms. The fraction of sp³-hybridized carbons (Fsp3) is 0.500. The predicted molar refractivity (Wildman–Crippen MR) is 76.5 cm³/mol. The summed E-state index contributed by atoms with van der Waals surface area (Å²) in [6, 6.07) is 1.86. The van der Waals surface area contributed by atoms with Crippen molar-refractivity contribution in [1.29, 1.82) is 0 Å². The number of aliphatic hydroxyl groups excluding tert-OH is 1. The van der Waals surface area contributed by atoms with Gasteiger partial charge in [0.2, 0.25) is 10.0 Å². The lowest BCUT2D eigenvalue weighted by atomic mass is 10.0. The zero-order valence-electron chi connectivity index (χ0n) is 11.1. The van der Waals surface area contributed by atoms with Gasteiger partial charge in [0.1, 0.15) is 10.7 Å². The first-order valence-electron chi connectivity index (χ1n) is 6.16. The lowest BCUT2D eigenvalue weighted by Crippen LogP contribution is -2.30. The average Bonchev–Trinajstić information content (AvgIpc) is 2.38. The number of nitrogens with two attached hydrogens (primary N) is 1. The molecule has 0 fully saturated rings. The molecular weight excluding hydrogens is 307 g/mol. The molecule has 0 aliphatic carbocycles. The van der Waals surface area contributed by atoms with Crippen LogP contribution in [0.2, 0.25) is 5.02 Å². The first-order chi connectivity index (χ1) is 9.31. The van der Waals surface area contributed by atoms with E-state index in [0.29, 0.717) is 6.42 Å². The first-order valence-corrected chi connectivity index (χ1v) is 8.03. The van der Waals surface area contributed by atoms with Gasteiger partial charge in [0, 0.05) is 13.2 Å². The molecule has 8 heteroatoms. The smallest absolute Gasteiger partial charge is 0.242 e. The van der Waals surface area contributed by atoms with Crippen LogP contribution in [0.5, 0.6) is 0 Å². The molecule has 1 aromatic carbocycles. The summed E-state index contributed by atoms with van der Waals surface area (Å²) in [6.45, 7) is 2.06. The summed E-state index contributed by atoms with van der Waals surface area (Å²) in [6.07, 6.45) is 1.22. The van der Waals surface area contributed by atoms with Gasteiger partial charge in [0.05, 0.1) is 10.7 Å². The number of halogens is 2. The molecular formula is C12H18ClFN2O3S. The number of aliphatic hydroxyl groups is 1. The van der Waals surface area contributed by atoms with Gasteiger partial charge in [-0.3, -0.25) is 0 Å². The van der Waals surface area contributed by atoms with Gasteiger partial charge in [-0.05, 0) is 24.5 Å². The third-order valence-corrected chi connectivity index (χ3v) is 4.91. The van der Waals surface area contributed by atoms with Crippen molar-refractivity contribution in [3.8, 4) is 0 Å². The maximum absolute atomic E-state index is 13.2. The Morgan fingerprint density at radius 2 is 2.15 bits per heavy atom. The summed E-state index contributed by atoms with van der Waals surface area (Å²) in [5.41, 5.74) is 5.08. The van der Waals surface area contributed by atoms with Crippen LogP contribution in [-0.2, 0) is 10.0 Å². The van der Waals surface area contributed by atoms with Gasteiger partial charge in [-0.15, -0.1) is 0 Å². The molecule has 0 saturated carbocycles. The molecule has 0 aromatic heterocycles. The second-order valence-electron chi connectivity index (χ2n) is 4.44. The van der Waals surface area contributed by atoms with Crippen LogP contribution in [-0.4, -0.2) is 26.7 Å². The van der Waals surface area contributed by atoms with E-state index in [4.69, 9.17) is 22.4 Å². The Morgan fingerprint density at radius 3 is 2.70 bits per heavy atom. The lowest BCUT2D eigenvalue weighted by molar-refractivity contribution is 0.254. The molecule has 0 saturated heterocycles. The summed E-state index contributed by atoms with van der Waals surface area (Å²) in [5.74, 6) is -0.744. The number of rotatable bonds is 7. The third-order valence-electron chi connectivity index (χ3n) is 3.02. The van der Waals surface area contributed by atoms with Crippen LogP contribution in [0.25, 0.3) is 0 Å². The van der Waals surface area contributed by atoms with Crippen molar-refractivity contribution in [3.05, 3.63) is 23.0 Å². The molecule has 0 heterocycles. The molecule has 0 radical (unpaired) electrons. The molecule has 1 unspecified atom stereocenters. The van der Waals surface area contributed by atoms with Crippen LogP contribution in [0.15, 0.2) is 17.0 Å². The highest BCUT2D eigenvalue weighted by molar-refractivity contribution is 7.89. The maximum atomic E-state index is 13.2. The van der Waals surface area contributed by atoms with Gasteiger partial charge < -0.3 is 10.8 Å². The number of benzene rings is 1. The quantitative estimate of drug-likeness (QED) is 0.666. The highest BCUT2D eigenvalue weighted by Gasteiger charge is 2.21. The standard InChI is InChI=1S/C12H18ClFN2O3S/c1-2-8(3-4-17)7-16-20(18,19)12-6-11(15)10(14)5-9(12)13/h5-6,8,16-17H,2-4,7,15H2,1H3. The molecule has 1 rings (SSSR count). The number of nitrogen functional groups attached to an aromatic ring is 1. The second kappa shape index (κ2) is 7.21. The molecule has 5 nitrogen and oxygen atoms in total. The number of hydrogen-bond donors (Lipinski definition) is 3. The molecule has 0 aliphatic heterocycles. The van der Waals surface area contributed by atoms with Gasteiger partial charge >= 0.3 is 0 Å². The summed E-state index contributed by atoms with van der Waals surface area (Å²) >= 11 is 5.74. The van der Waals surface area contributed by atoms with Crippen molar-refractivity contribution in [2.75, 3.05) is 18.9 Å². The van der Waals surface area contributed by atoms with Gasteiger partial charge in [0.25, 0.3) is 0 Å². The third kappa shape index (κ3) is 4.31.